The first kappa shape index (κ1) is 22.3. The van der Waals surface area contributed by atoms with E-state index in [0.717, 1.165) is 40.2 Å². The third-order valence-corrected chi connectivity index (χ3v) is 5.65. The number of amides is 1. The molecule has 31 heavy (non-hydrogen) atoms. The molecule has 0 atom stereocenters. The lowest BCUT2D eigenvalue weighted by Gasteiger charge is -2.13. The van der Waals surface area contributed by atoms with Crippen LogP contribution in [0.25, 0.3) is 0 Å². The predicted octanol–water partition coefficient (Wildman–Crippen LogP) is 4.61. The highest BCUT2D eigenvalue weighted by atomic mass is 16.1. The van der Waals surface area contributed by atoms with Crippen molar-refractivity contribution in [1.82, 2.24) is 15.1 Å². The maximum absolute atomic E-state index is 12.9. The zero-order valence-electron chi connectivity index (χ0n) is 19.2. The van der Waals surface area contributed by atoms with E-state index in [-0.39, 0.29) is 5.91 Å². The van der Waals surface area contributed by atoms with Gasteiger partial charge in [-0.05, 0) is 75.1 Å². The first-order chi connectivity index (χ1) is 14.8. The maximum Gasteiger partial charge on any atom is 0.257 e. The summed E-state index contributed by atoms with van der Waals surface area (Å²) in [4.78, 5) is 17.6. The summed E-state index contributed by atoms with van der Waals surface area (Å²) in [5.74, 6) is 0.222. The summed E-state index contributed by atoms with van der Waals surface area (Å²) in [5, 5.41) is 10.7. The Morgan fingerprint density at radius 3 is 2.48 bits per heavy atom. The Balaban J connectivity index is 1.88. The Bertz CT molecular complexity index is 1130. The molecule has 1 heterocycles. The van der Waals surface area contributed by atoms with E-state index in [9.17, 15) is 4.79 Å². The molecule has 0 saturated carbocycles. The molecule has 0 aliphatic heterocycles. The summed E-state index contributed by atoms with van der Waals surface area (Å²) in [5.41, 5.74) is 8.00. The van der Waals surface area contributed by atoms with Crippen molar-refractivity contribution >= 4 is 17.6 Å². The van der Waals surface area contributed by atoms with Gasteiger partial charge in [-0.15, -0.1) is 0 Å². The molecule has 0 bridgehead atoms. The molecule has 0 aliphatic rings. The van der Waals surface area contributed by atoms with Gasteiger partial charge in [-0.2, -0.15) is 5.10 Å². The third-order valence-electron chi connectivity index (χ3n) is 5.65. The second-order valence-corrected chi connectivity index (χ2v) is 7.87. The fraction of sp³-hybridized carbons (Fsp3) is 0.320. The van der Waals surface area contributed by atoms with Gasteiger partial charge in [0, 0.05) is 29.6 Å². The van der Waals surface area contributed by atoms with Crippen LogP contribution in [0.1, 0.15) is 50.9 Å². The molecule has 0 saturated heterocycles. The molecule has 2 aromatic carbocycles. The second kappa shape index (κ2) is 9.60. The highest BCUT2D eigenvalue weighted by Crippen LogP contribution is 2.15. The van der Waals surface area contributed by atoms with Crippen molar-refractivity contribution in [2.45, 2.75) is 47.6 Å². The van der Waals surface area contributed by atoms with Gasteiger partial charge in [0.05, 0.1) is 12.2 Å². The Morgan fingerprint density at radius 2 is 1.84 bits per heavy atom. The summed E-state index contributed by atoms with van der Waals surface area (Å²) in [6, 6.07) is 13.8. The van der Waals surface area contributed by atoms with Gasteiger partial charge in [-0.25, -0.2) is 4.99 Å². The molecule has 6 nitrogen and oxygen atoms in total. The number of benzene rings is 2. The minimum Gasteiger partial charge on any atom is -0.326 e. The maximum atomic E-state index is 12.9. The van der Waals surface area contributed by atoms with E-state index in [0.29, 0.717) is 18.1 Å². The van der Waals surface area contributed by atoms with Gasteiger partial charge in [0.15, 0.2) is 0 Å². The van der Waals surface area contributed by atoms with Crippen LogP contribution in [0.5, 0.6) is 0 Å². The molecule has 0 spiro atoms. The summed E-state index contributed by atoms with van der Waals surface area (Å²) in [7, 11) is 1.92. The van der Waals surface area contributed by atoms with E-state index in [4.69, 9.17) is 4.99 Å². The van der Waals surface area contributed by atoms with E-state index in [2.05, 4.69) is 34.8 Å². The predicted molar refractivity (Wildman–Crippen MR) is 127 cm³/mol. The molecular weight excluding hydrogens is 386 g/mol. The quantitative estimate of drug-likeness (QED) is 0.470. The van der Waals surface area contributed by atoms with Crippen molar-refractivity contribution in [3.8, 4) is 0 Å². The van der Waals surface area contributed by atoms with Gasteiger partial charge in [-0.1, -0.05) is 25.1 Å². The van der Waals surface area contributed by atoms with Crippen LogP contribution in [0, 0.1) is 27.7 Å². The van der Waals surface area contributed by atoms with E-state index in [1.165, 1.54) is 5.56 Å². The molecule has 6 heteroatoms. The fourth-order valence-electron chi connectivity index (χ4n) is 3.38. The molecule has 1 amide bonds. The van der Waals surface area contributed by atoms with Gasteiger partial charge < -0.3 is 5.32 Å². The standard InChI is InChI=1S/C25H31N5O/c1-7-20-9-8-10-22(14-20)27-25(26-15-23-18(4)29-30(6)19(23)5)28-24(31)21-12-11-16(2)17(3)13-21/h8-14H,7,15H2,1-6H3,(H2,26,27,28,31). The lowest BCUT2D eigenvalue weighted by molar-refractivity contribution is 0.0977. The van der Waals surface area contributed by atoms with Crippen molar-refractivity contribution in [2.24, 2.45) is 12.0 Å². The molecule has 0 unspecified atom stereocenters. The molecule has 2 N–H and O–H groups in total. The smallest absolute Gasteiger partial charge is 0.257 e. The molecule has 0 fully saturated rings. The number of guanidine groups is 1. The number of rotatable bonds is 5. The number of aryl methyl sites for hydroxylation is 5. The van der Waals surface area contributed by atoms with Crippen molar-refractivity contribution in [1.29, 1.82) is 0 Å². The van der Waals surface area contributed by atoms with Crippen molar-refractivity contribution in [3.05, 3.63) is 81.7 Å². The van der Waals surface area contributed by atoms with Crippen molar-refractivity contribution in [2.75, 3.05) is 5.32 Å². The number of nitrogens with zero attached hydrogens (tertiary/aromatic N) is 3. The Hall–Kier alpha value is -3.41. The van der Waals surface area contributed by atoms with Crippen LogP contribution in [0.3, 0.4) is 0 Å². The zero-order chi connectivity index (χ0) is 22.5. The highest BCUT2D eigenvalue weighted by molar-refractivity contribution is 6.10. The average Bonchev–Trinajstić information content (AvgIpc) is 2.99. The lowest BCUT2D eigenvalue weighted by Crippen LogP contribution is -2.36. The highest BCUT2D eigenvalue weighted by Gasteiger charge is 2.13. The fourth-order valence-corrected chi connectivity index (χ4v) is 3.38. The third kappa shape index (κ3) is 5.40. The number of hydrogen-bond acceptors (Lipinski definition) is 3. The summed E-state index contributed by atoms with van der Waals surface area (Å²) in [6.45, 7) is 10.6. The number of aliphatic imine (C=N–C) groups is 1. The van der Waals surface area contributed by atoms with E-state index in [1.54, 1.807) is 0 Å². The molecule has 3 rings (SSSR count). The normalized spacial score (nSPS) is 11.5. The van der Waals surface area contributed by atoms with E-state index in [1.807, 2.05) is 69.8 Å². The van der Waals surface area contributed by atoms with Gasteiger partial charge in [0.25, 0.3) is 5.91 Å². The van der Waals surface area contributed by atoms with Crippen LogP contribution >= 0.6 is 0 Å². The molecule has 1 aromatic heterocycles. The van der Waals surface area contributed by atoms with E-state index >= 15 is 0 Å². The first-order valence-electron chi connectivity index (χ1n) is 10.6. The first-order valence-corrected chi connectivity index (χ1v) is 10.6. The molecule has 162 valence electrons. The van der Waals surface area contributed by atoms with Gasteiger partial charge in [-0.3, -0.25) is 14.8 Å². The van der Waals surface area contributed by atoms with Crippen LogP contribution in [0.15, 0.2) is 47.5 Å². The van der Waals surface area contributed by atoms with E-state index < -0.39 is 0 Å². The topological polar surface area (TPSA) is 71.3 Å². The molecule has 0 radical (unpaired) electrons. The van der Waals surface area contributed by atoms with Gasteiger partial charge >= 0.3 is 0 Å². The lowest BCUT2D eigenvalue weighted by atomic mass is 10.1. The van der Waals surface area contributed by atoms with Crippen LogP contribution in [-0.2, 0) is 20.0 Å². The Labute approximate surface area is 184 Å². The number of anilines is 1. The average molecular weight is 418 g/mol. The van der Waals surface area contributed by atoms with Crippen LogP contribution in [0.4, 0.5) is 5.69 Å². The number of carbonyl (C=O) groups is 1. The summed E-state index contributed by atoms with van der Waals surface area (Å²) < 4.78 is 1.85. The van der Waals surface area contributed by atoms with Crippen LogP contribution < -0.4 is 10.6 Å². The minimum atomic E-state index is -0.194. The summed E-state index contributed by atoms with van der Waals surface area (Å²) >= 11 is 0. The van der Waals surface area contributed by atoms with Crippen molar-refractivity contribution < 1.29 is 4.79 Å². The number of aromatic nitrogens is 2. The Kier molecular flexibility index (Phi) is 6.90. The van der Waals surface area contributed by atoms with Crippen LogP contribution in [-0.4, -0.2) is 21.6 Å². The number of carbonyl (C=O) groups excluding carboxylic acids is 1. The van der Waals surface area contributed by atoms with Crippen LogP contribution in [0.2, 0.25) is 0 Å². The molecule has 3 aromatic rings. The number of hydrogen-bond donors (Lipinski definition) is 2. The Morgan fingerprint density at radius 1 is 1.06 bits per heavy atom. The second-order valence-electron chi connectivity index (χ2n) is 7.87. The monoisotopic (exact) mass is 417 g/mol. The van der Waals surface area contributed by atoms with Crippen molar-refractivity contribution in [3.63, 3.8) is 0 Å². The number of nitrogens with one attached hydrogen (secondary N) is 2. The molecule has 0 aliphatic carbocycles. The summed E-state index contributed by atoms with van der Waals surface area (Å²) in [6.07, 6.45) is 0.936. The zero-order valence-corrected chi connectivity index (χ0v) is 19.2. The van der Waals surface area contributed by atoms with Gasteiger partial charge in [0.1, 0.15) is 0 Å². The van der Waals surface area contributed by atoms with Gasteiger partial charge in [0.2, 0.25) is 5.96 Å². The largest absolute Gasteiger partial charge is 0.326 e. The SMILES string of the molecule is CCc1cccc(NC(=NCc2c(C)nn(C)c2C)NC(=O)c2ccc(C)c(C)c2)c1. The molecular formula is C25H31N5O. The minimum absolute atomic E-state index is 0.194.